The van der Waals surface area contributed by atoms with Gasteiger partial charge in [-0.05, 0) is 43.0 Å². The van der Waals surface area contributed by atoms with Crippen LogP contribution in [0.3, 0.4) is 0 Å². The topological polar surface area (TPSA) is 44.4 Å². The standard InChI is InChI=1S/C17H25N3O/c21-17(13-14-3-1-2-4-14)19-15-5-7-16(8-6-15)20-11-9-18-10-12-20/h5-8,14,18H,1-4,9-13H2,(H,19,21). The molecule has 1 saturated heterocycles. The molecule has 0 radical (unpaired) electrons. The SMILES string of the molecule is O=C(CC1CCCC1)Nc1ccc(N2CCNCC2)cc1. The lowest BCUT2D eigenvalue weighted by Gasteiger charge is -2.29. The van der Waals surface area contributed by atoms with Gasteiger partial charge in [-0.1, -0.05) is 12.8 Å². The van der Waals surface area contributed by atoms with Crippen LogP contribution in [0.15, 0.2) is 24.3 Å². The van der Waals surface area contributed by atoms with Crippen LogP contribution < -0.4 is 15.5 Å². The highest BCUT2D eigenvalue weighted by Gasteiger charge is 2.18. The minimum Gasteiger partial charge on any atom is -0.369 e. The summed E-state index contributed by atoms with van der Waals surface area (Å²) in [6.45, 7) is 4.18. The van der Waals surface area contributed by atoms with Crippen LogP contribution in [0.1, 0.15) is 32.1 Å². The Morgan fingerprint density at radius 2 is 1.81 bits per heavy atom. The van der Waals surface area contributed by atoms with Gasteiger partial charge in [-0.15, -0.1) is 0 Å². The molecule has 0 spiro atoms. The molecule has 0 atom stereocenters. The fraction of sp³-hybridized carbons (Fsp3) is 0.588. The molecule has 1 aromatic carbocycles. The average Bonchev–Trinajstić information content (AvgIpc) is 3.02. The van der Waals surface area contributed by atoms with E-state index in [0.29, 0.717) is 12.3 Å². The van der Waals surface area contributed by atoms with Crippen LogP contribution in [0, 0.1) is 5.92 Å². The molecule has 2 N–H and O–H groups in total. The van der Waals surface area contributed by atoms with Crippen molar-refractivity contribution in [2.24, 2.45) is 5.92 Å². The second-order valence-electron chi connectivity index (χ2n) is 6.19. The number of hydrogen-bond donors (Lipinski definition) is 2. The number of hydrogen-bond acceptors (Lipinski definition) is 3. The van der Waals surface area contributed by atoms with Crippen molar-refractivity contribution >= 4 is 17.3 Å². The molecular formula is C17H25N3O. The summed E-state index contributed by atoms with van der Waals surface area (Å²) in [5.41, 5.74) is 2.15. The normalized spacial score (nSPS) is 19.7. The summed E-state index contributed by atoms with van der Waals surface area (Å²) in [7, 11) is 0. The van der Waals surface area contributed by atoms with Gasteiger partial charge in [0.2, 0.25) is 5.91 Å². The van der Waals surface area contributed by atoms with Crippen molar-refractivity contribution in [3.8, 4) is 0 Å². The van der Waals surface area contributed by atoms with Gasteiger partial charge in [-0.25, -0.2) is 0 Å². The number of nitrogens with one attached hydrogen (secondary N) is 2. The zero-order valence-corrected chi connectivity index (χ0v) is 12.6. The Kier molecular flexibility index (Phi) is 4.76. The molecule has 114 valence electrons. The number of nitrogens with zero attached hydrogens (tertiary/aromatic N) is 1. The van der Waals surface area contributed by atoms with E-state index in [1.54, 1.807) is 0 Å². The molecule has 1 aliphatic carbocycles. The monoisotopic (exact) mass is 287 g/mol. The maximum Gasteiger partial charge on any atom is 0.224 e. The first-order valence-corrected chi connectivity index (χ1v) is 8.17. The molecule has 21 heavy (non-hydrogen) atoms. The molecular weight excluding hydrogens is 262 g/mol. The Hall–Kier alpha value is -1.55. The molecule has 3 rings (SSSR count). The summed E-state index contributed by atoms with van der Waals surface area (Å²) in [4.78, 5) is 14.4. The van der Waals surface area contributed by atoms with E-state index in [0.717, 1.165) is 31.9 Å². The molecule has 0 aromatic heterocycles. The van der Waals surface area contributed by atoms with Crippen molar-refractivity contribution in [3.63, 3.8) is 0 Å². The largest absolute Gasteiger partial charge is 0.369 e. The van der Waals surface area contributed by atoms with Gasteiger partial charge in [0.15, 0.2) is 0 Å². The summed E-state index contributed by atoms with van der Waals surface area (Å²) in [5, 5.41) is 6.39. The van der Waals surface area contributed by atoms with Gasteiger partial charge in [-0.3, -0.25) is 4.79 Å². The van der Waals surface area contributed by atoms with E-state index in [4.69, 9.17) is 0 Å². The first kappa shape index (κ1) is 14.4. The van der Waals surface area contributed by atoms with Crippen LogP contribution in [0.5, 0.6) is 0 Å². The fourth-order valence-corrected chi connectivity index (χ4v) is 3.37. The second kappa shape index (κ2) is 6.94. The Morgan fingerprint density at radius 1 is 1.14 bits per heavy atom. The second-order valence-corrected chi connectivity index (χ2v) is 6.19. The van der Waals surface area contributed by atoms with E-state index in [1.807, 2.05) is 12.1 Å². The number of anilines is 2. The van der Waals surface area contributed by atoms with Crippen LogP contribution >= 0.6 is 0 Å². The van der Waals surface area contributed by atoms with Crippen molar-refractivity contribution in [2.75, 3.05) is 36.4 Å². The minimum absolute atomic E-state index is 0.164. The lowest BCUT2D eigenvalue weighted by atomic mass is 10.0. The van der Waals surface area contributed by atoms with Crippen molar-refractivity contribution in [1.29, 1.82) is 0 Å². The van der Waals surface area contributed by atoms with Gasteiger partial charge < -0.3 is 15.5 Å². The Morgan fingerprint density at radius 3 is 2.48 bits per heavy atom. The molecule has 4 nitrogen and oxygen atoms in total. The first-order chi connectivity index (χ1) is 10.3. The Balaban J connectivity index is 1.52. The molecule has 2 aliphatic rings. The van der Waals surface area contributed by atoms with Crippen LogP contribution in [-0.2, 0) is 4.79 Å². The van der Waals surface area contributed by atoms with E-state index in [2.05, 4.69) is 27.7 Å². The Bertz CT molecular complexity index is 459. The molecule has 1 aromatic rings. The highest BCUT2D eigenvalue weighted by molar-refractivity contribution is 5.91. The van der Waals surface area contributed by atoms with Crippen molar-refractivity contribution < 1.29 is 4.79 Å². The van der Waals surface area contributed by atoms with Crippen LogP contribution in [0.25, 0.3) is 0 Å². The molecule has 1 aliphatic heterocycles. The molecule has 0 bridgehead atoms. The summed E-state index contributed by atoms with van der Waals surface area (Å²) in [5.74, 6) is 0.766. The van der Waals surface area contributed by atoms with Gasteiger partial charge in [0.25, 0.3) is 0 Å². The summed E-state index contributed by atoms with van der Waals surface area (Å²) < 4.78 is 0. The van der Waals surface area contributed by atoms with E-state index in [9.17, 15) is 4.79 Å². The number of carbonyl (C=O) groups excluding carboxylic acids is 1. The van der Waals surface area contributed by atoms with Gasteiger partial charge in [0, 0.05) is 44.0 Å². The lowest BCUT2D eigenvalue weighted by Crippen LogP contribution is -2.43. The van der Waals surface area contributed by atoms with Crippen LogP contribution in [-0.4, -0.2) is 32.1 Å². The van der Waals surface area contributed by atoms with Crippen molar-refractivity contribution in [2.45, 2.75) is 32.1 Å². The Labute approximate surface area is 126 Å². The van der Waals surface area contributed by atoms with E-state index >= 15 is 0 Å². The van der Waals surface area contributed by atoms with E-state index in [1.165, 1.54) is 31.4 Å². The number of carbonyl (C=O) groups is 1. The maximum atomic E-state index is 12.0. The van der Waals surface area contributed by atoms with Gasteiger partial charge in [0.05, 0.1) is 0 Å². The third kappa shape index (κ3) is 3.97. The fourth-order valence-electron chi connectivity index (χ4n) is 3.37. The molecule has 2 fully saturated rings. The zero-order valence-electron chi connectivity index (χ0n) is 12.6. The average molecular weight is 287 g/mol. The molecule has 4 heteroatoms. The van der Waals surface area contributed by atoms with Crippen LogP contribution in [0.4, 0.5) is 11.4 Å². The third-order valence-corrected chi connectivity index (χ3v) is 4.58. The molecule has 1 amide bonds. The maximum absolute atomic E-state index is 12.0. The number of rotatable bonds is 4. The first-order valence-electron chi connectivity index (χ1n) is 8.17. The van der Waals surface area contributed by atoms with E-state index < -0.39 is 0 Å². The zero-order chi connectivity index (χ0) is 14.5. The predicted octanol–water partition coefficient (Wildman–Crippen LogP) is 2.62. The highest BCUT2D eigenvalue weighted by atomic mass is 16.1. The highest BCUT2D eigenvalue weighted by Crippen LogP contribution is 2.28. The number of benzene rings is 1. The predicted molar refractivity (Wildman–Crippen MR) is 86.7 cm³/mol. The minimum atomic E-state index is 0.164. The number of amides is 1. The summed E-state index contributed by atoms with van der Waals surface area (Å²) in [6, 6.07) is 8.25. The van der Waals surface area contributed by atoms with E-state index in [-0.39, 0.29) is 5.91 Å². The van der Waals surface area contributed by atoms with Crippen LogP contribution in [0.2, 0.25) is 0 Å². The lowest BCUT2D eigenvalue weighted by molar-refractivity contribution is -0.117. The smallest absolute Gasteiger partial charge is 0.224 e. The van der Waals surface area contributed by atoms with Gasteiger partial charge >= 0.3 is 0 Å². The summed E-state index contributed by atoms with van der Waals surface area (Å²) in [6.07, 6.45) is 5.69. The van der Waals surface area contributed by atoms with Crippen molar-refractivity contribution in [1.82, 2.24) is 5.32 Å². The quantitative estimate of drug-likeness (QED) is 0.894. The van der Waals surface area contributed by atoms with Gasteiger partial charge in [0.1, 0.15) is 0 Å². The molecule has 1 saturated carbocycles. The number of piperazine rings is 1. The van der Waals surface area contributed by atoms with Gasteiger partial charge in [-0.2, -0.15) is 0 Å². The third-order valence-electron chi connectivity index (χ3n) is 4.58. The van der Waals surface area contributed by atoms with Crippen molar-refractivity contribution in [3.05, 3.63) is 24.3 Å². The molecule has 1 heterocycles. The molecule has 0 unspecified atom stereocenters. The summed E-state index contributed by atoms with van der Waals surface area (Å²) >= 11 is 0.